The Bertz CT molecular complexity index is 498. The maximum atomic E-state index is 11.5. The number of ether oxygens (including phenoxy) is 1. The highest BCUT2D eigenvalue weighted by Crippen LogP contribution is 2.24. The van der Waals surface area contributed by atoms with E-state index in [1.165, 1.54) is 56.2 Å². The molecule has 2 amide bonds. The molecule has 0 fully saturated rings. The number of carboxylic acids is 1. The van der Waals surface area contributed by atoms with Crippen LogP contribution >= 0.6 is 21.6 Å². The van der Waals surface area contributed by atoms with Crippen LogP contribution in [0, 0.1) is 0 Å². The molecule has 0 aliphatic carbocycles. The van der Waals surface area contributed by atoms with Crippen LogP contribution in [0.5, 0.6) is 0 Å². The summed E-state index contributed by atoms with van der Waals surface area (Å²) in [6, 6.07) is -0.812. The van der Waals surface area contributed by atoms with Gasteiger partial charge >= 0.3 is 12.1 Å². The van der Waals surface area contributed by atoms with Crippen molar-refractivity contribution in [2.24, 2.45) is 0 Å². The van der Waals surface area contributed by atoms with E-state index in [2.05, 4.69) is 10.6 Å². The molecule has 7 nitrogen and oxygen atoms in total. The summed E-state index contributed by atoms with van der Waals surface area (Å²) in [5, 5.41) is 14.3. The predicted molar refractivity (Wildman–Crippen MR) is 126 cm³/mol. The highest BCUT2D eigenvalue weighted by molar-refractivity contribution is 8.76. The Morgan fingerprint density at radius 1 is 0.900 bits per heavy atom. The number of carbonyl (C=O) groups is 3. The molecule has 176 valence electrons. The summed E-state index contributed by atoms with van der Waals surface area (Å²) in [6.45, 7) is 7.58. The average Bonchev–Trinajstić information content (AvgIpc) is 2.61. The van der Waals surface area contributed by atoms with Gasteiger partial charge in [0.2, 0.25) is 5.91 Å². The Balaban J connectivity index is 3.36. The fraction of sp³-hybridized carbons (Fsp3) is 0.857. The van der Waals surface area contributed by atoms with Gasteiger partial charge in [0.15, 0.2) is 0 Å². The van der Waals surface area contributed by atoms with Crippen LogP contribution in [0.1, 0.15) is 85.5 Å². The number of nitrogens with one attached hydrogen (secondary N) is 2. The van der Waals surface area contributed by atoms with Crippen LogP contribution in [-0.4, -0.2) is 52.8 Å². The summed E-state index contributed by atoms with van der Waals surface area (Å²) in [5.41, 5.74) is -0.446. The number of hydrogen-bond acceptors (Lipinski definition) is 6. The predicted octanol–water partition coefficient (Wildman–Crippen LogP) is 4.99. The van der Waals surface area contributed by atoms with Crippen LogP contribution in [0.3, 0.4) is 0 Å². The van der Waals surface area contributed by atoms with Gasteiger partial charge in [0, 0.05) is 25.0 Å². The second kappa shape index (κ2) is 17.6. The van der Waals surface area contributed by atoms with Gasteiger partial charge in [0.05, 0.1) is 0 Å². The Morgan fingerprint density at radius 2 is 1.43 bits per heavy atom. The van der Waals surface area contributed by atoms with Crippen LogP contribution < -0.4 is 10.6 Å². The molecule has 0 aliphatic heterocycles. The first-order valence-corrected chi connectivity index (χ1v) is 13.3. The van der Waals surface area contributed by atoms with Gasteiger partial charge in [-0.25, -0.2) is 9.59 Å². The first-order chi connectivity index (χ1) is 14.1. The van der Waals surface area contributed by atoms with E-state index in [1.54, 1.807) is 10.8 Å². The molecule has 0 unspecified atom stereocenters. The van der Waals surface area contributed by atoms with Gasteiger partial charge < -0.3 is 20.5 Å². The molecule has 0 aliphatic rings. The Kier molecular flexibility index (Phi) is 16.9. The number of hydrogen-bond donors (Lipinski definition) is 3. The van der Waals surface area contributed by atoms with Crippen LogP contribution in [0.25, 0.3) is 0 Å². The second-order valence-electron chi connectivity index (χ2n) is 8.31. The third-order valence-electron chi connectivity index (χ3n) is 4.07. The highest BCUT2D eigenvalue weighted by atomic mass is 33.1. The van der Waals surface area contributed by atoms with Gasteiger partial charge in [0.25, 0.3) is 0 Å². The van der Waals surface area contributed by atoms with Gasteiger partial charge in [-0.05, 0) is 33.6 Å². The van der Waals surface area contributed by atoms with Crippen molar-refractivity contribution in [3.63, 3.8) is 0 Å². The highest BCUT2D eigenvalue weighted by Gasteiger charge is 2.18. The maximum Gasteiger partial charge on any atom is 0.407 e. The van der Waals surface area contributed by atoms with Crippen molar-refractivity contribution in [3.8, 4) is 0 Å². The second-order valence-corrected chi connectivity index (χ2v) is 10.9. The van der Waals surface area contributed by atoms with Crippen molar-refractivity contribution in [2.75, 3.05) is 18.1 Å². The largest absolute Gasteiger partial charge is 0.480 e. The van der Waals surface area contributed by atoms with Crippen molar-refractivity contribution in [2.45, 2.75) is 97.1 Å². The number of carboxylic acid groups (broad SMARTS) is 1. The maximum absolute atomic E-state index is 11.5. The normalized spacial score (nSPS) is 12.3. The molecule has 9 heteroatoms. The van der Waals surface area contributed by atoms with Crippen molar-refractivity contribution in [1.29, 1.82) is 0 Å². The molecule has 0 saturated carbocycles. The van der Waals surface area contributed by atoms with Crippen molar-refractivity contribution in [1.82, 2.24) is 10.6 Å². The van der Waals surface area contributed by atoms with E-state index >= 15 is 0 Å². The summed E-state index contributed by atoms with van der Waals surface area (Å²) >= 11 is 0. The van der Waals surface area contributed by atoms with Crippen LogP contribution in [0.15, 0.2) is 0 Å². The van der Waals surface area contributed by atoms with E-state index in [1.807, 2.05) is 20.8 Å². The summed E-state index contributed by atoms with van der Waals surface area (Å²) in [4.78, 5) is 33.5. The number of carbonyl (C=O) groups excluding carboxylic acids is 2. The smallest absolute Gasteiger partial charge is 0.407 e. The molecular weight excluding hydrogens is 424 g/mol. The average molecular weight is 465 g/mol. The minimum atomic E-state index is -0.988. The molecule has 0 spiro atoms. The zero-order valence-electron chi connectivity index (χ0n) is 19.0. The molecule has 30 heavy (non-hydrogen) atoms. The van der Waals surface area contributed by atoms with Crippen molar-refractivity contribution >= 4 is 39.6 Å². The Morgan fingerprint density at radius 3 is 1.93 bits per heavy atom. The Hall–Kier alpha value is -1.09. The lowest BCUT2D eigenvalue weighted by molar-refractivity contribution is -0.140. The van der Waals surface area contributed by atoms with E-state index in [0.717, 1.165) is 25.0 Å². The van der Waals surface area contributed by atoms with Crippen LogP contribution in [0.2, 0.25) is 0 Å². The molecule has 0 aromatic rings. The van der Waals surface area contributed by atoms with Crippen molar-refractivity contribution in [3.05, 3.63) is 0 Å². The lowest BCUT2D eigenvalue weighted by Crippen LogP contribution is -2.41. The molecule has 0 aromatic carbocycles. The first-order valence-electron chi connectivity index (χ1n) is 10.8. The molecular formula is C21H40N2O5S2. The lowest BCUT2D eigenvalue weighted by atomic mass is 10.1. The molecule has 0 bridgehead atoms. The van der Waals surface area contributed by atoms with Gasteiger partial charge in [0.1, 0.15) is 11.6 Å². The fourth-order valence-electron chi connectivity index (χ4n) is 2.62. The van der Waals surface area contributed by atoms with Gasteiger partial charge in [-0.2, -0.15) is 0 Å². The zero-order valence-corrected chi connectivity index (χ0v) is 20.6. The fourth-order valence-corrected chi connectivity index (χ4v) is 4.93. The summed E-state index contributed by atoms with van der Waals surface area (Å²) in [6.07, 6.45) is 10.3. The van der Waals surface area contributed by atoms with Crippen LogP contribution in [-0.2, 0) is 14.3 Å². The molecule has 0 saturated heterocycles. The minimum Gasteiger partial charge on any atom is -0.480 e. The van der Waals surface area contributed by atoms with Gasteiger partial charge in [-0.3, -0.25) is 4.79 Å². The van der Waals surface area contributed by atoms with E-state index in [4.69, 9.17) is 9.84 Å². The van der Waals surface area contributed by atoms with E-state index in [9.17, 15) is 14.4 Å². The third-order valence-corrected chi connectivity index (χ3v) is 6.57. The third kappa shape index (κ3) is 20.2. The number of alkyl carbamates (subject to hydrolysis) is 1. The molecule has 0 heterocycles. The molecule has 0 aromatic heterocycles. The Labute approximate surface area is 189 Å². The standard InChI is InChI=1S/C21H40N2O5S2/c1-17(24)23-18(19(25)26)16-30-29-15-13-11-9-7-5-6-8-10-12-14-22-20(27)28-21(2,3)4/h18H,5-16H2,1-4H3,(H,22,27)(H,23,24)(H,25,26)/t18-/m0/s1. The summed E-state index contributed by atoms with van der Waals surface area (Å²) in [7, 11) is 3.18. The lowest BCUT2D eigenvalue weighted by Gasteiger charge is -2.19. The number of rotatable bonds is 17. The van der Waals surface area contributed by atoms with E-state index in [0.29, 0.717) is 12.3 Å². The van der Waals surface area contributed by atoms with Crippen molar-refractivity contribution < 1.29 is 24.2 Å². The van der Waals surface area contributed by atoms with E-state index < -0.39 is 17.6 Å². The molecule has 1 atom stereocenters. The number of aliphatic carboxylic acids is 1. The summed E-state index contributed by atoms with van der Waals surface area (Å²) in [5.74, 6) is 0.0808. The molecule has 3 N–H and O–H groups in total. The number of unbranched alkanes of at least 4 members (excludes halogenated alkanes) is 8. The minimum absolute atomic E-state index is 0.314. The topological polar surface area (TPSA) is 105 Å². The first kappa shape index (κ1) is 28.9. The quantitative estimate of drug-likeness (QED) is 0.206. The van der Waals surface area contributed by atoms with Crippen LogP contribution in [0.4, 0.5) is 4.79 Å². The van der Waals surface area contributed by atoms with Gasteiger partial charge in [-0.1, -0.05) is 66.5 Å². The summed E-state index contributed by atoms with van der Waals surface area (Å²) < 4.78 is 5.19. The molecule has 0 radical (unpaired) electrons. The number of amides is 2. The SMILES string of the molecule is CC(=O)N[C@@H](CSSCCCCCCCCCCCNC(=O)OC(C)(C)C)C(=O)O. The van der Waals surface area contributed by atoms with Gasteiger partial charge in [-0.15, -0.1) is 0 Å². The van der Waals surface area contributed by atoms with E-state index in [-0.39, 0.29) is 12.0 Å². The monoisotopic (exact) mass is 464 g/mol. The zero-order chi connectivity index (χ0) is 22.8. The molecule has 0 rings (SSSR count).